The van der Waals surface area contributed by atoms with Crippen LogP contribution in [0.4, 0.5) is 13.2 Å². The zero-order valence-electron chi connectivity index (χ0n) is 13.9. The molecule has 0 saturated heterocycles. The van der Waals surface area contributed by atoms with Crippen LogP contribution in [0.2, 0.25) is 0 Å². The molecule has 21 heavy (non-hydrogen) atoms. The van der Waals surface area contributed by atoms with Gasteiger partial charge in [-0.2, -0.15) is 18.4 Å². The van der Waals surface area contributed by atoms with Crippen molar-refractivity contribution in [2.45, 2.75) is 19.0 Å². The average molecular weight is 497 g/mol. The van der Waals surface area contributed by atoms with Crippen molar-refractivity contribution in [3.05, 3.63) is 37.5 Å². The van der Waals surface area contributed by atoms with Crippen LogP contribution in [0.3, 0.4) is 0 Å². The standard InChI is InChI=1S/C8H8F3N.C3H9P.2CH3.NO.W/c9-8(10,11)7-3-1-6(5-12)2-4-7;1-4(2)3;;;1-2;/h1,3,6-7H,2,4H2;1-3H3;2*1H3;;/q;;3*-1;/p+1/t6-,7-;;;;;/m0...../s1/i2D;;;;;/t2-,6+,7+;;;;;/m1...... The molecule has 0 radical (unpaired) electrons. The van der Waals surface area contributed by atoms with E-state index in [0.29, 0.717) is 0 Å². The Hall–Kier alpha value is -0.262. The number of alkyl halides is 3. The first-order valence-electron chi connectivity index (χ1n) is 5.78. The minimum Gasteiger partial charge on any atom is -0.577 e. The first kappa shape index (κ1) is 28.8. The Bertz CT molecular complexity index is 323. The summed E-state index contributed by atoms with van der Waals surface area (Å²) in [5.41, 5.74) is 5.75. The first-order chi connectivity index (χ1) is 8.68. The molecule has 3 atom stereocenters. The molecule has 0 aliphatic heterocycles. The van der Waals surface area contributed by atoms with E-state index in [-0.39, 0.29) is 50.3 Å². The number of hydrogen-bond donors (Lipinski definition) is 0. The van der Waals surface area contributed by atoms with E-state index in [1.807, 2.05) is 0 Å². The van der Waals surface area contributed by atoms with Crippen molar-refractivity contribution in [3.8, 4) is 6.07 Å². The molecule has 3 nitrogen and oxygen atoms in total. The molecule has 0 heterocycles. The summed E-state index contributed by atoms with van der Waals surface area (Å²) in [4.78, 5) is 7.25. The zero-order valence-corrected chi connectivity index (χ0v) is 16.9. The van der Waals surface area contributed by atoms with Crippen molar-refractivity contribution in [2.24, 2.45) is 11.8 Å². The zero-order chi connectivity index (χ0) is 15.6. The van der Waals surface area contributed by atoms with E-state index < -0.39 is 24.4 Å². The summed E-state index contributed by atoms with van der Waals surface area (Å²) in [6, 6.07) is 1.78. The molecule has 0 amide bonds. The fraction of sp³-hybridized carbons (Fsp3) is 0.615. The van der Waals surface area contributed by atoms with Crippen molar-refractivity contribution in [1.82, 2.24) is 0 Å². The molecule has 0 aromatic heterocycles. The van der Waals surface area contributed by atoms with Gasteiger partial charge in [-0.05, 0) is 20.7 Å². The first-order valence-corrected chi connectivity index (χ1v) is 8.20. The maximum absolute atomic E-state index is 12.1. The van der Waals surface area contributed by atoms with E-state index in [1.54, 1.807) is 6.07 Å². The molecule has 0 aromatic carbocycles. The van der Waals surface area contributed by atoms with E-state index >= 15 is 0 Å². The van der Waals surface area contributed by atoms with Gasteiger partial charge in [0.2, 0.25) is 0 Å². The normalized spacial score (nSPS) is 23.1. The minimum atomic E-state index is -4.28. The molecular formula is C13H24F3N2OPW-2. The summed E-state index contributed by atoms with van der Waals surface area (Å²) < 4.78 is 43.7. The van der Waals surface area contributed by atoms with Crippen molar-refractivity contribution in [1.29, 1.82) is 5.26 Å². The third-order valence-electron chi connectivity index (χ3n) is 1.76. The van der Waals surface area contributed by atoms with Gasteiger partial charge in [-0.1, -0.05) is 12.2 Å². The van der Waals surface area contributed by atoms with E-state index in [0.717, 1.165) is 6.08 Å². The smallest absolute Gasteiger partial charge is 0.395 e. The van der Waals surface area contributed by atoms with E-state index in [2.05, 4.69) is 20.0 Å². The summed E-state index contributed by atoms with van der Waals surface area (Å²) >= 11 is 0. The molecule has 1 aliphatic carbocycles. The molecule has 1 aliphatic rings. The monoisotopic (exact) mass is 497 g/mol. The Labute approximate surface area is 143 Å². The predicted octanol–water partition coefficient (Wildman–Crippen LogP) is 4.96. The second-order valence-electron chi connectivity index (χ2n) is 4.16. The maximum Gasteiger partial charge on any atom is 0.395 e. The third-order valence-corrected chi connectivity index (χ3v) is 1.76. The van der Waals surface area contributed by atoms with Crippen LogP contribution in [0, 0.1) is 42.9 Å². The number of nitroso groups, excluding NO2 is 1. The Morgan fingerprint density at radius 2 is 1.67 bits per heavy atom. The number of nitrogens with zero attached hydrogens (tertiary/aromatic N) is 2. The van der Waals surface area contributed by atoms with Crippen molar-refractivity contribution < 1.29 is 35.6 Å². The van der Waals surface area contributed by atoms with Gasteiger partial charge >= 0.3 is 6.18 Å². The number of rotatable bonds is 0. The van der Waals surface area contributed by atoms with Gasteiger partial charge in [0.05, 0.1) is 17.9 Å². The quantitative estimate of drug-likeness (QED) is 0.270. The Kier molecular flexibility index (Phi) is 24.4. The average Bonchev–Trinajstić information content (AvgIpc) is 2.29. The number of nitriles is 1. The molecular weight excluding hydrogens is 472 g/mol. The Balaban J connectivity index is -0.0000000941. The summed E-state index contributed by atoms with van der Waals surface area (Å²) in [5, 5.41) is 8.45. The van der Waals surface area contributed by atoms with Crippen LogP contribution >= 0.6 is 7.92 Å². The summed E-state index contributed by atoms with van der Waals surface area (Å²) in [7, 11) is 0.120. The molecule has 0 aromatic rings. The fourth-order valence-corrected chi connectivity index (χ4v) is 1.04. The van der Waals surface area contributed by atoms with Crippen LogP contribution in [0.5, 0.6) is 0 Å². The van der Waals surface area contributed by atoms with Crippen molar-refractivity contribution in [2.75, 3.05) is 20.0 Å². The second kappa shape index (κ2) is 17.8. The predicted molar refractivity (Wildman–Crippen MR) is 82.7 cm³/mol. The van der Waals surface area contributed by atoms with Gasteiger partial charge < -0.3 is 25.4 Å². The van der Waals surface area contributed by atoms with Gasteiger partial charge in [0.15, 0.2) is 0 Å². The minimum absolute atomic E-state index is 0. The van der Waals surface area contributed by atoms with Crippen LogP contribution in [-0.4, -0.2) is 26.2 Å². The van der Waals surface area contributed by atoms with Crippen LogP contribution in [0.25, 0.3) is 5.59 Å². The molecule has 0 fully saturated rings. The van der Waals surface area contributed by atoms with Crippen LogP contribution < -0.4 is 0 Å². The SMILES string of the molecule is C[PH+](C)C.[2H][C@@H]1C[C@@H](C(F)(F)F)C=C[C@@H]1C#N.[CH3-].[CH3-].[N-]=O.[W]. The van der Waals surface area contributed by atoms with Crippen molar-refractivity contribution in [3.63, 3.8) is 0 Å². The molecule has 0 spiro atoms. The molecule has 0 N–H and O–H groups in total. The second-order valence-corrected chi connectivity index (χ2v) is 7.16. The third kappa shape index (κ3) is 19.7. The van der Waals surface area contributed by atoms with Crippen LogP contribution in [0.1, 0.15) is 14.2 Å². The van der Waals surface area contributed by atoms with E-state index in [1.165, 1.54) is 6.08 Å². The maximum atomic E-state index is 12.1. The summed E-state index contributed by atoms with van der Waals surface area (Å²) in [6.07, 6.45) is -3.38. The number of hydrogen-bond acceptors (Lipinski definition) is 2. The number of halogens is 3. The summed E-state index contributed by atoms with van der Waals surface area (Å²) in [6.45, 7) is 6.81. The fourth-order valence-electron chi connectivity index (χ4n) is 1.04. The topological polar surface area (TPSA) is 63.2 Å². The van der Waals surface area contributed by atoms with E-state index in [4.69, 9.17) is 17.1 Å². The molecule has 1 rings (SSSR count). The summed E-state index contributed by atoms with van der Waals surface area (Å²) in [5.74, 6) is -2.25. The molecule has 126 valence electrons. The van der Waals surface area contributed by atoms with E-state index in [9.17, 15) is 13.2 Å². The van der Waals surface area contributed by atoms with Crippen molar-refractivity contribution >= 4 is 7.92 Å². The van der Waals surface area contributed by atoms with Crippen LogP contribution in [-0.2, 0) is 21.1 Å². The molecule has 0 unspecified atom stereocenters. The van der Waals surface area contributed by atoms with Gasteiger partial charge in [0, 0.05) is 42.4 Å². The molecule has 8 heteroatoms. The number of allylic oxidation sites excluding steroid dienone is 2. The van der Waals surface area contributed by atoms with Gasteiger partial charge in [-0.3, -0.25) is 0 Å². The largest absolute Gasteiger partial charge is 0.577 e. The Morgan fingerprint density at radius 3 is 1.90 bits per heavy atom. The van der Waals surface area contributed by atoms with Gasteiger partial charge in [-0.25, -0.2) is 0 Å². The van der Waals surface area contributed by atoms with Crippen LogP contribution in [0.15, 0.2) is 12.2 Å². The van der Waals surface area contributed by atoms with Gasteiger partial charge in [-0.15, -0.1) is 0 Å². The molecule has 0 bridgehead atoms. The van der Waals surface area contributed by atoms with Gasteiger partial charge in [0.1, 0.15) is 0 Å². The Morgan fingerprint density at radius 1 is 1.29 bits per heavy atom. The molecule has 0 saturated carbocycles. The van der Waals surface area contributed by atoms with Gasteiger partial charge in [0.25, 0.3) is 0 Å².